The van der Waals surface area contributed by atoms with Crippen LogP contribution in [0.3, 0.4) is 0 Å². The third-order valence-corrected chi connectivity index (χ3v) is 2.18. The number of aromatic nitrogens is 2. The Morgan fingerprint density at radius 1 is 1.57 bits per heavy atom. The molecule has 0 bridgehead atoms. The highest BCUT2D eigenvalue weighted by Gasteiger charge is 2.11. The minimum Gasteiger partial charge on any atom is -0.270 e. The molecule has 14 heavy (non-hydrogen) atoms. The summed E-state index contributed by atoms with van der Waals surface area (Å²) in [5.41, 5.74) is 1.22. The maximum Gasteiger partial charge on any atom is 0.134 e. The summed E-state index contributed by atoms with van der Waals surface area (Å²) in [6.07, 6.45) is 0.175. The molecule has 1 aromatic carbocycles. The molecule has 4 heteroatoms. The number of hydrogen-bond donors (Lipinski definition) is 0. The van der Waals surface area contributed by atoms with E-state index in [0.29, 0.717) is 16.6 Å². The first-order chi connectivity index (χ1) is 6.74. The molecule has 3 nitrogen and oxygen atoms in total. The van der Waals surface area contributed by atoms with E-state index in [2.05, 4.69) is 5.10 Å². The topological polar surface area (TPSA) is 41.6 Å². The Bertz CT molecular complexity index is 522. The monoisotopic (exact) mass is 189 g/mol. The Kier molecular flexibility index (Phi) is 1.93. The van der Waals surface area contributed by atoms with Crippen molar-refractivity contribution in [3.05, 3.63) is 29.7 Å². The molecule has 1 heterocycles. The molecule has 0 spiro atoms. The lowest BCUT2D eigenvalue weighted by Gasteiger charge is -1.95. The highest BCUT2D eigenvalue weighted by Crippen LogP contribution is 2.21. The van der Waals surface area contributed by atoms with Crippen molar-refractivity contribution in [3.8, 4) is 6.07 Å². The molecular formula is C10H8FN3. The van der Waals surface area contributed by atoms with E-state index in [1.54, 1.807) is 23.9 Å². The van der Waals surface area contributed by atoms with Gasteiger partial charge in [-0.3, -0.25) is 4.68 Å². The molecule has 0 N–H and O–H groups in total. The quantitative estimate of drug-likeness (QED) is 0.686. The molecular weight excluding hydrogens is 181 g/mol. The van der Waals surface area contributed by atoms with E-state index in [-0.39, 0.29) is 12.2 Å². The Labute approximate surface area is 80.4 Å². The second-order valence-corrected chi connectivity index (χ2v) is 3.04. The Hall–Kier alpha value is -1.89. The van der Waals surface area contributed by atoms with Crippen molar-refractivity contribution in [3.63, 3.8) is 0 Å². The lowest BCUT2D eigenvalue weighted by atomic mass is 10.1. The molecule has 2 aromatic rings. The molecule has 0 atom stereocenters. The van der Waals surface area contributed by atoms with E-state index in [0.717, 1.165) is 0 Å². The normalized spacial score (nSPS) is 10.4. The van der Waals surface area contributed by atoms with E-state index in [9.17, 15) is 4.39 Å². The van der Waals surface area contributed by atoms with Gasteiger partial charge in [-0.2, -0.15) is 10.4 Å². The Morgan fingerprint density at radius 3 is 3.07 bits per heavy atom. The van der Waals surface area contributed by atoms with Gasteiger partial charge in [-0.05, 0) is 12.1 Å². The van der Waals surface area contributed by atoms with Gasteiger partial charge in [0.25, 0.3) is 0 Å². The second kappa shape index (κ2) is 3.11. The highest BCUT2D eigenvalue weighted by atomic mass is 19.1. The standard InChI is InChI=1S/C10H8FN3/c1-14-9(5-6-12)10-7(11)3-2-4-8(10)13-14/h2-4H,5H2,1H3. The van der Waals surface area contributed by atoms with Crippen molar-refractivity contribution >= 4 is 10.9 Å². The van der Waals surface area contributed by atoms with Gasteiger partial charge in [0.15, 0.2) is 0 Å². The van der Waals surface area contributed by atoms with Crippen molar-refractivity contribution in [1.29, 1.82) is 5.26 Å². The van der Waals surface area contributed by atoms with Gasteiger partial charge in [0, 0.05) is 7.05 Å². The van der Waals surface area contributed by atoms with Gasteiger partial charge in [-0.15, -0.1) is 0 Å². The van der Waals surface area contributed by atoms with E-state index < -0.39 is 0 Å². The summed E-state index contributed by atoms with van der Waals surface area (Å²) in [6, 6.07) is 6.73. The number of benzene rings is 1. The fourth-order valence-electron chi connectivity index (χ4n) is 1.54. The third-order valence-electron chi connectivity index (χ3n) is 2.18. The van der Waals surface area contributed by atoms with Gasteiger partial charge in [0.2, 0.25) is 0 Å². The molecule has 2 rings (SSSR count). The predicted molar refractivity (Wildman–Crippen MR) is 50.0 cm³/mol. The number of aryl methyl sites for hydroxylation is 1. The third kappa shape index (κ3) is 1.14. The van der Waals surface area contributed by atoms with Crippen molar-refractivity contribution in [2.45, 2.75) is 6.42 Å². The maximum atomic E-state index is 13.4. The van der Waals surface area contributed by atoms with Crippen LogP contribution < -0.4 is 0 Å². The van der Waals surface area contributed by atoms with Crippen molar-refractivity contribution in [2.75, 3.05) is 0 Å². The van der Waals surface area contributed by atoms with Gasteiger partial charge in [-0.1, -0.05) is 6.07 Å². The summed E-state index contributed by atoms with van der Waals surface area (Å²) in [5, 5.41) is 13.2. The molecule has 0 saturated carbocycles. The number of halogens is 1. The SMILES string of the molecule is Cn1nc2cccc(F)c2c1CC#N. The molecule has 0 amide bonds. The number of nitrogens with zero attached hydrogens (tertiary/aromatic N) is 3. The highest BCUT2D eigenvalue weighted by molar-refractivity contribution is 5.82. The molecule has 0 saturated heterocycles. The summed E-state index contributed by atoms with van der Waals surface area (Å²) in [5.74, 6) is -0.319. The molecule has 1 aromatic heterocycles. The van der Waals surface area contributed by atoms with Crippen LogP contribution in [0.5, 0.6) is 0 Å². The number of fused-ring (bicyclic) bond motifs is 1. The van der Waals surface area contributed by atoms with Crippen molar-refractivity contribution in [2.24, 2.45) is 7.05 Å². The Balaban J connectivity index is 2.81. The predicted octanol–water partition coefficient (Wildman–Crippen LogP) is 1.78. The maximum absolute atomic E-state index is 13.4. The smallest absolute Gasteiger partial charge is 0.134 e. The fraction of sp³-hybridized carbons (Fsp3) is 0.200. The van der Waals surface area contributed by atoms with Crippen LogP contribution in [0.25, 0.3) is 10.9 Å². The van der Waals surface area contributed by atoms with Crippen LogP contribution in [0, 0.1) is 17.1 Å². The molecule has 0 aliphatic heterocycles. The van der Waals surface area contributed by atoms with Gasteiger partial charge in [-0.25, -0.2) is 4.39 Å². The van der Waals surface area contributed by atoms with Crippen LogP contribution in [0.2, 0.25) is 0 Å². The van der Waals surface area contributed by atoms with E-state index >= 15 is 0 Å². The molecule has 0 aliphatic rings. The zero-order valence-electron chi connectivity index (χ0n) is 7.66. The van der Waals surface area contributed by atoms with Crippen molar-refractivity contribution in [1.82, 2.24) is 9.78 Å². The molecule has 0 aliphatic carbocycles. The lowest BCUT2D eigenvalue weighted by molar-refractivity contribution is 0.638. The van der Waals surface area contributed by atoms with Gasteiger partial charge in [0.05, 0.1) is 29.1 Å². The first-order valence-corrected chi connectivity index (χ1v) is 4.21. The minimum absolute atomic E-state index is 0.175. The zero-order chi connectivity index (χ0) is 10.1. The van der Waals surface area contributed by atoms with Crippen LogP contribution in [0.4, 0.5) is 4.39 Å². The average Bonchev–Trinajstić information content (AvgIpc) is 2.45. The van der Waals surface area contributed by atoms with Gasteiger partial charge in [0.1, 0.15) is 5.82 Å². The van der Waals surface area contributed by atoms with E-state index in [1.165, 1.54) is 6.07 Å². The molecule has 0 unspecified atom stereocenters. The van der Waals surface area contributed by atoms with Crippen LogP contribution in [-0.4, -0.2) is 9.78 Å². The minimum atomic E-state index is -0.319. The van der Waals surface area contributed by atoms with Crippen molar-refractivity contribution < 1.29 is 4.39 Å². The first-order valence-electron chi connectivity index (χ1n) is 4.21. The fourth-order valence-corrected chi connectivity index (χ4v) is 1.54. The number of rotatable bonds is 1. The molecule has 0 radical (unpaired) electrons. The second-order valence-electron chi connectivity index (χ2n) is 3.04. The Morgan fingerprint density at radius 2 is 2.36 bits per heavy atom. The van der Waals surface area contributed by atoms with Crippen LogP contribution in [0.15, 0.2) is 18.2 Å². The summed E-state index contributed by atoms with van der Waals surface area (Å²) in [7, 11) is 1.71. The molecule has 0 fully saturated rings. The zero-order valence-corrected chi connectivity index (χ0v) is 7.66. The average molecular weight is 189 g/mol. The lowest BCUT2D eigenvalue weighted by Crippen LogP contribution is -1.97. The van der Waals surface area contributed by atoms with E-state index in [1.807, 2.05) is 6.07 Å². The molecule has 70 valence electrons. The van der Waals surface area contributed by atoms with Crippen LogP contribution in [-0.2, 0) is 13.5 Å². The van der Waals surface area contributed by atoms with E-state index in [4.69, 9.17) is 5.26 Å². The van der Waals surface area contributed by atoms with Crippen LogP contribution in [0.1, 0.15) is 5.69 Å². The summed E-state index contributed by atoms with van der Waals surface area (Å²) in [6.45, 7) is 0. The number of nitriles is 1. The summed E-state index contributed by atoms with van der Waals surface area (Å²) in [4.78, 5) is 0. The summed E-state index contributed by atoms with van der Waals surface area (Å²) < 4.78 is 15.0. The van der Waals surface area contributed by atoms with Gasteiger partial charge >= 0.3 is 0 Å². The largest absolute Gasteiger partial charge is 0.270 e. The number of hydrogen-bond acceptors (Lipinski definition) is 2. The first kappa shape index (κ1) is 8.70. The van der Waals surface area contributed by atoms with Gasteiger partial charge < -0.3 is 0 Å². The van der Waals surface area contributed by atoms with Crippen LogP contribution >= 0.6 is 0 Å². The summed E-state index contributed by atoms with van der Waals surface area (Å²) >= 11 is 0.